The van der Waals surface area contributed by atoms with Gasteiger partial charge in [0.2, 0.25) is 5.91 Å². The number of ether oxygens (including phenoxy) is 1. The van der Waals surface area contributed by atoms with Gasteiger partial charge in [0.1, 0.15) is 6.04 Å². The number of hydrogen-bond donors (Lipinski definition) is 1. The van der Waals surface area contributed by atoms with Crippen LogP contribution in [0.25, 0.3) is 0 Å². The fraction of sp³-hybridized carbons (Fsp3) is 0.300. The summed E-state index contributed by atoms with van der Waals surface area (Å²) in [7, 11) is 0. The Labute approximate surface area is 142 Å². The van der Waals surface area contributed by atoms with Crippen molar-refractivity contribution in [3.05, 3.63) is 71.8 Å². The third-order valence-electron chi connectivity index (χ3n) is 3.81. The molecule has 1 unspecified atom stereocenters. The third-order valence-corrected chi connectivity index (χ3v) is 3.81. The number of amides is 1. The predicted molar refractivity (Wildman–Crippen MR) is 93.6 cm³/mol. The summed E-state index contributed by atoms with van der Waals surface area (Å²) in [6.45, 7) is 3.68. The maximum absolute atomic E-state index is 12.4. The first-order chi connectivity index (χ1) is 11.6. The highest BCUT2D eigenvalue weighted by Crippen LogP contribution is 2.27. The number of benzene rings is 2. The van der Waals surface area contributed by atoms with Crippen LogP contribution in [0.3, 0.4) is 0 Å². The highest BCUT2D eigenvalue weighted by atomic mass is 16.5. The van der Waals surface area contributed by atoms with Crippen molar-refractivity contribution in [1.82, 2.24) is 5.32 Å². The minimum atomic E-state index is -0.648. The van der Waals surface area contributed by atoms with Gasteiger partial charge in [0.05, 0.1) is 6.61 Å². The number of hydrogen-bond acceptors (Lipinski definition) is 3. The molecule has 1 N–H and O–H groups in total. The first-order valence-electron chi connectivity index (χ1n) is 8.17. The second-order valence-electron chi connectivity index (χ2n) is 5.62. The highest BCUT2D eigenvalue weighted by Gasteiger charge is 2.21. The van der Waals surface area contributed by atoms with Gasteiger partial charge in [-0.15, -0.1) is 0 Å². The van der Waals surface area contributed by atoms with Gasteiger partial charge in [-0.2, -0.15) is 0 Å². The van der Waals surface area contributed by atoms with Crippen LogP contribution in [-0.2, 0) is 14.3 Å². The summed E-state index contributed by atoms with van der Waals surface area (Å²) in [5.41, 5.74) is 2.14. The zero-order valence-electron chi connectivity index (χ0n) is 14.1. The molecular formula is C20H23NO3. The van der Waals surface area contributed by atoms with Crippen LogP contribution in [0.5, 0.6) is 0 Å². The van der Waals surface area contributed by atoms with Gasteiger partial charge < -0.3 is 10.1 Å². The first-order valence-corrected chi connectivity index (χ1v) is 8.17. The van der Waals surface area contributed by atoms with Crippen molar-refractivity contribution in [3.8, 4) is 0 Å². The molecule has 0 fully saturated rings. The fourth-order valence-electron chi connectivity index (χ4n) is 2.61. The van der Waals surface area contributed by atoms with Crippen LogP contribution in [0.1, 0.15) is 37.3 Å². The molecule has 1 atom stereocenters. The Morgan fingerprint density at radius 2 is 1.46 bits per heavy atom. The predicted octanol–water partition coefficient (Wildman–Crippen LogP) is 3.28. The summed E-state index contributed by atoms with van der Waals surface area (Å²) in [5.74, 6) is -0.642. The number of carbonyl (C=O) groups is 2. The van der Waals surface area contributed by atoms with Crippen LogP contribution in [0.2, 0.25) is 0 Å². The van der Waals surface area contributed by atoms with Gasteiger partial charge in [-0.05, 0) is 25.0 Å². The van der Waals surface area contributed by atoms with Crippen LogP contribution in [0.4, 0.5) is 0 Å². The molecule has 0 saturated carbocycles. The van der Waals surface area contributed by atoms with Crippen molar-refractivity contribution in [2.75, 3.05) is 6.61 Å². The molecule has 2 aromatic carbocycles. The Balaban J connectivity index is 2.12. The van der Waals surface area contributed by atoms with Crippen LogP contribution in [0, 0.1) is 0 Å². The summed E-state index contributed by atoms with van der Waals surface area (Å²) in [6.07, 6.45) is 0.276. The van der Waals surface area contributed by atoms with E-state index in [0.717, 1.165) is 11.1 Å². The lowest BCUT2D eigenvalue weighted by Crippen LogP contribution is -2.40. The Bertz CT molecular complexity index is 616. The molecule has 0 aliphatic heterocycles. The lowest BCUT2D eigenvalue weighted by Gasteiger charge is -2.19. The van der Waals surface area contributed by atoms with E-state index in [2.05, 4.69) is 5.32 Å². The molecule has 0 saturated heterocycles. The zero-order chi connectivity index (χ0) is 17.4. The fourth-order valence-corrected chi connectivity index (χ4v) is 2.61. The standard InChI is InChI=1S/C20H23NO3/c1-3-24-20(23)15(2)21-19(22)14-18(16-10-6-4-7-11-16)17-12-8-5-9-13-17/h4-13,15,18H,3,14H2,1-2H3,(H,21,22). The lowest BCUT2D eigenvalue weighted by molar-refractivity contribution is -0.146. The molecule has 0 spiro atoms. The summed E-state index contributed by atoms with van der Waals surface area (Å²) in [5, 5.41) is 2.72. The largest absolute Gasteiger partial charge is 0.464 e. The van der Waals surface area contributed by atoms with Gasteiger partial charge in [0.15, 0.2) is 0 Å². The van der Waals surface area contributed by atoms with Crippen molar-refractivity contribution in [3.63, 3.8) is 0 Å². The number of carbonyl (C=O) groups excluding carboxylic acids is 2. The minimum absolute atomic E-state index is 0.0539. The van der Waals surface area contributed by atoms with Crippen LogP contribution in [0.15, 0.2) is 60.7 Å². The topological polar surface area (TPSA) is 55.4 Å². The van der Waals surface area contributed by atoms with Crippen molar-refractivity contribution >= 4 is 11.9 Å². The van der Waals surface area contributed by atoms with Crippen LogP contribution in [-0.4, -0.2) is 24.5 Å². The van der Waals surface area contributed by atoms with E-state index in [9.17, 15) is 9.59 Å². The van der Waals surface area contributed by atoms with Gasteiger partial charge in [0.25, 0.3) is 0 Å². The molecular weight excluding hydrogens is 302 g/mol. The molecule has 126 valence electrons. The third kappa shape index (κ3) is 4.95. The molecule has 1 amide bonds. The summed E-state index contributed by atoms with van der Waals surface area (Å²) < 4.78 is 4.93. The zero-order valence-corrected chi connectivity index (χ0v) is 14.1. The van der Waals surface area contributed by atoms with E-state index < -0.39 is 12.0 Å². The molecule has 4 nitrogen and oxygen atoms in total. The average Bonchev–Trinajstić information content (AvgIpc) is 2.61. The second-order valence-corrected chi connectivity index (χ2v) is 5.62. The monoisotopic (exact) mass is 325 g/mol. The molecule has 24 heavy (non-hydrogen) atoms. The Hall–Kier alpha value is -2.62. The van der Waals surface area contributed by atoms with E-state index in [1.54, 1.807) is 13.8 Å². The van der Waals surface area contributed by atoms with E-state index in [-0.39, 0.29) is 18.2 Å². The van der Waals surface area contributed by atoms with E-state index in [4.69, 9.17) is 4.74 Å². The quantitative estimate of drug-likeness (QED) is 0.795. The summed E-state index contributed by atoms with van der Waals surface area (Å²) in [4.78, 5) is 24.1. The maximum Gasteiger partial charge on any atom is 0.328 e. The van der Waals surface area contributed by atoms with Crippen molar-refractivity contribution in [2.45, 2.75) is 32.2 Å². The van der Waals surface area contributed by atoms with E-state index in [1.165, 1.54) is 0 Å². The molecule has 2 aromatic rings. The number of nitrogens with one attached hydrogen (secondary N) is 1. The summed E-state index contributed by atoms with van der Waals surface area (Å²) >= 11 is 0. The van der Waals surface area contributed by atoms with E-state index in [1.807, 2.05) is 60.7 Å². The SMILES string of the molecule is CCOC(=O)C(C)NC(=O)CC(c1ccccc1)c1ccccc1. The Morgan fingerprint density at radius 1 is 0.958 bits per heavy atom. The molecule has 0 aliphatic carbocycles. The van der Waals surface area contributed by atoms with E-state index >= 15 is 0 Å². The van der Waals surface area contributed by atoms with Crippen molar-refractivity contribution in [2.24, 2.45) is 0 Å². The molecule has 4 heteroatoms. The Kier molecular flexibility index (Phi) is 6.55. The maximum atomic E-state index is 12.4. The van der Waals surface area contributed by atoms with Crippen LogP contribution < -0.4 is 5.32 Å². The summed E-state index contributed by atoms with van der Waals surface area (Å²) in [6, 6.07) is 19.2. The normalized spacial score (nSPS) is 11.8. The van der Waals surface area contributed by atoms with Crippen LogP contribution >= 0.6 is 0 Å². The first kappa shape index (κ1) is 17.7. The van der Waals surface area contributed by atoms with Crippen molar-refractivity contribution in [1.29, 1.82) is 0 Å². The molecule has 0 radical (unpaired) electrons. The van der Waals surface area contributed by atoms with Gasteiger partial charge in [0, 0.05) is 12.3 Å². The lowest BCUT2D eigenvalue weighted by atomic mass is 9.88. The Morgan fingerprint density at radius 3 is 1.92 bits per heavy atom. The number of esters is 1. The molecule has 0 bridgehead atoms. The van der Waals surface area contributed by atoms with Gasteiger partial charge in [-0.1, -0.05) is 60.7 Å². The molecule has 2 rings (SSSR count). The van der Waals surface area contributed by atoms with Crippen molar-refractivity contribution < 1.29 is 14.3 Å². The molecule has 0 heterocycles. The molecule has 0 aliphatic rings. The van der Waals surface area contributed by atoms with Gasteiger partial charge in [-0.25, -0.2) is 4.79 Å². The minimum Gasteiger partial charge on any atom is -0.464 e. The smallest absolute Gasteiger partial charge is 0.328 e. The van der Waals surface area contributed by atoms with Gasteiger partial charge in [-0.3, -0.25) is 4.79 Å². The van der Waals surface area contributed by atoms with Gasteiger partial charge >= 0.3 is 5.97 Å². The van der Waals surface area contributed by atoms with E-state index in [0.29, 0.717) is 6.61 Å². The second kappa shape index (κ2) is 8.87. The number of rotatable bonds is 7. The average molecular weight is 325 g/mol. The molecule has 0 aromatic heterocycles. The highest BCUT2D eigenvalue weighted by molar-refractivity contribution is 5.84.